The van der Waals surface area contributed by atoms with Crippen molar-refractivity contribution in [1.29, 1.82) is 0 Å². The first-order chi connectivity index (χ1) is 16.3. The number of carbonyl (C=O) groups excluding carboxylic acids is 2. The Bertz CT molecular complexity index is 1120. The average molecular weight is 543 g/mol. The Labute approximate surface area is 218 Å². The Balaban J connectivity index is 2.44. The van der Waals surface area contributed by atoms with Crippen LogP contribution in [0.1, 0.15) is 38.3 Å². The normalized spacial score (nSPS) is 12.3. The van der Waals surface area contributed by atoms with E-state index in [-0.39, 0.29) is 34.1 Å². The molecule has 1 atom stereocenters. The van der Waals surface area contributed by atoms with Crippen LogP contribution in [0.15, 0.2) is 42.5 Å². The van der Waals surface area contributed by atoms with E-state index < -0.39 is 28.5 Å². The van der Waals surface area contributed by atoms with Crippen LogP contribution in [0, 0.1) is 12.8 Å². The number of benzene rings is 2. The van der Waals surface area contributed by atoms with Crippen LogP contribution in [-0.2, 0) is 26.2 Å². The van der Waals surface area contributed by atoms with Crippen LogP contribution in [0.4, 0.5) is 5.69 Å². The molecule has 2 amide bonds. The molecular weight excluding hydrogens is 509 g/mol. The highest BCUT2D eigenvalue weighted by Crippen LogP contribution is 2.27. The molecule has 0 bridgehead atoms. The molecule has 0 aliphatic carbocycles. The Morgan fingerprint density at radius 1 is 1.03 bits per heavy atom. The van der Waals surface area contributed by atoms with E-state index in [9.17, 15) is 18.0 Å². The minimum atomic E-state index is -3.86. The van der Waals surface area contributed by atoms with Gasteiger partial charge in [0.05, 0.1) is 11.9 Å². The molecule has 0 aliphatic rings. The summed E-state index contributed by atoms with van der Waals surface area (Å²) in [5.41, 5.74) is 2.07. The van der Waals surface area contributed by atoms with E-state index in [1.807, 2.05) is 52.0 Å². The van der Waals surface area contributed by atoms with Crippen molar-refractivity contribution in [3.63, 3.8) is 0 Å². The number of hydrogen-bond acceptors (Lipinski definition) is 4. The van der Waals surface area contributed by atoms with Crippen molar-refractivity contribution < 1.29 is 18.0 Å². The molecule has 0 fully saturated rings. The van der Waals surface area contributed by atoms with Crippen molar-refractivity contribution in [3.8, 4) is 0 Å². The lowest BCUT2D eigenvalue weighted by atomic mass is 10.1. The minimum Gasteiger partial charge on any atom is -0.354 e. The maximum atomic E-state index is 13.6. The summed E-state index contributed by atoms with van der Waals surface area (Å²) in [5, 5.41) is 3.37. The summed E-state index contributed by atoms with van der Waals surface area (Å²) in [7, 11) is -3.86. The minimum absolute atomic E-state index is 0.153. The smallest absolute Gasteiger partial charge is 0.244 e. The Morgan fingerprint density at radius 3 is 2.09 bits per heavy atom. The van der Waals surface area contributed by atoms with Gasteiger partial charge in [-0.25, -0.2) is 8.42 Å². The van der Waals surface area contributed by atoms with Crippen molar-refractivity contribution in [3.05, 3.63) is 63.6 Å². The van der Waals surface area contributed by atoms with Gasteiger partial charge in [0.2, 0.25) is 21.8 Å². The highest BCUT2D eigenvalue weighted by molar-refractivity contribution is 7.92. The van der Waals surface area contributed by atoms with Crippen LogP contribution in [0.25, 0.3) is 0 Å². The van der Waals surface area contributed by atoms with Gasteiger partial charge in [0.1, 0.15) is 12.6 Å². The monoisotopic (exact) mass is 541 g/mol. The van der Waals surface area contributed by atoms with Gasteiger partial charge in [-0.3, -0.25) is 13.9 Å². The van der Waals surface area contributed by atoms with Gasteiger partial charge in [0, 0.05) is 23.1 Å². The molecule has 0 saturated carbocycles. The Morgan fingerprint density at radius 2 is 1.60 bits per heavy atom. The fraction of sp³-hybridized carbons (Fsp3) is 0.440. The van der Waals surface area contributed by atoms with Crippen molar-refractivity contribution in [2.75, 3.05) is 23.7 Å². The molecule has 0 aliphatic heterocycles. The van der Waals surface area contributed by atoms with E-state index in [0.717, 1.165) is 21.7 Å². The molecule has 2 aromatic rings. The third-order valence-electron chi connectivity index (χ3n) is 5.36. The van der Waals surface area contributed by atoms with Gasteiger partial charge >= 0.3 is 0 Å². The highest BCUT2D eigenvalue weighted by Gasteiger charge is 2.32. The van der Waals surface area contributed by atoms with E-state index in [2.05, 4.69) is 5.32 Å². The third-order valence-corrected chi connectivity index (χ3v) is 6.94. The molecule has 35 heavy (non-hydrogen) atoms. The fourth-order valence-corrected chi connectivity index (χ4v) is 4.88. The van der Waals surface area contributed by atoms with E-state index in [0.29, 0.717) is 13.0 Å². The maximum absolute atomic E-state index is 13.6. The Hall–Kier alpha value is -2.29. The fourth-order valence-electron chi connectivity index (χ4n) is 3.53. The maximum Gasteiger partial charge on any atom is 0.244 e. The number of amides is 2. The summed E-state index contributed by atoms with van der Waals surface area (Å²) >= 11 is 12.2. The Kier molecular flexibility index (Phi) is 10.4. The molecule has 1 N–H and O–H groups in total. The van der Waals surface area contributed by atoms with Crippen LogP contribution in [0.2, 0.25) is 10.0 Å². The van der Waals surface area contributed by atoms with E-state index in [1.54, 1.807) is 0 Å². The van der Waals surface area contributed by atoms with Crippen molar-refractivity contribution in [2.45, 2.75) is 46.7 Å². The summed E-state index contributed by atoms with van der Waals surface area (Å²) < 4.78 is 26.2. The molecule has 0 unspecified atom stereocenters. The number of aryl methyl sites for hydroxylation is 1. The van der Waals surface area contributed by atoms with Gasteiger partial charge in [-0.1, -0.05) is 73.8 Å². The first-order valence-corrected chi connectivity index (χ1v) is 14.0. The number of rotatable bonds is 11. The number of nitrogens with one attached hydrogen (secondary N) is 1. The summed E-state index contributed by atoms with van der Waals surface area (Å²) in [6, 6.07) is 11.2. The second kappa shape index (κ2) is 12.6. The molecule has 10 heteroatoms. The van der Waals surface area contributed by atoms with Gasteiger partial charge in [0.25, 0.3) is 0 Å². The topological polar surface area (TPSA) is 86.8 Å². The summed E-state index contributed by atoms with van der Waals surface area (Å²) in [6.45, 7) is 7.86. The van der Waals surface area contributed by atoms with Crippen LogP contribution < -0.4 is 9.62 Å². The molecule has 0 spiro atoms. The van der Waals surface area contributed by atoms with Crippen LogP contribution in [-0.4, -0.2) is 50.5 Å². The van der Waals surface area contributed by atoms with E-state index in [1.165, 1.54) is 23.1 Å². The lowest BCUT2D eigenvalue weighted by Crippen LogP contribution is -2.52. The summed E-state index contributed by atoms with van der Waals surface area (Å²) in [5.74, 6) is -0.553. The van der Waals surface area contributed by atoms with Crippen molar-refractivity contribution in [2.24, 2.45) is 5.92 Å². The zero-order valence-corrected chi connectivity index (χ0v) is 23.0. The lowest BCUT2D eigenvalue weighted by Gasteiger charge is -2.33. The number of anilines is 1. The predicted octanol–water partition coefficient (Wildman–Crippen LogP) is 4.65. The second-order valence-electron chi connectivity index (χ2n) is 8.97. The predicted molar refractivity (Wildman–Crippen MR) is 142 cm³/mol. The number of carbonyl (C=O) groups is 2. The molecule has 192 valence electrons. The summed E-state index contributed by atoms with van der Waals surface area (Å²) in [4.78, 5) is 28.1. The standard InChI is InChI=1S/C25H33Cl2N3O4S/c1-6-23(25(32)28-14-17(2)3)29(15-19-9-7-18(4)8-10-19)24(31)16-30(35(5,33)34)22-12-20(26)11-21(27)13-22/h7-13,17,23H,6,14-16H2,1-5H3,(H,28,32)/t23-/m0/s1. The number of nitrogens with zero attached hydrogens (tertiary/aromatic N) is 2. The zero-order valence-electron chi connectivity index (χ0n) is 20.7. The first-order valence-electron chi connectivity index (χ1n) is 11.4. The van der Waals surface area contributed by atoms with Crippen molar-refractivity contribution in [1.82, 2.24) is 10.2 Å². The summed E-state index contributed by atoms with van der Waals surface area (Å²) in [6.07, 6.45) is 1.37. The van der Waals surface area contributed by atoms with Crippen LogP contribution in [0.5, 0.6) is 0 Å². The molecule has 0 saturated heterocycles. The lowest BCUT2D eigenvalue weighted by molar-refractivity contribution is -0.140. The number of hydrogen-bond donors (Lipinski definition) is 1. The molecule has 2 rings (SSSR count). The van der Waals surface area contributed by atoms with Gasteiger partial charge in [-0.2, -0.15) is 0 Å². The highest BCUT2D eigenvalue weighted by atomic mass is 35.5. The molecule has 2 aromatic carbocycles. The SMILES string of the molecule is CC[C@@H](C(=O)NCC(C)C)N(Cc1ccc(C)cc1)C(=O)CN(c1cc(Cl)cc(Cl)c1)S(C)(=O)=O. The second-order valence-corrected chi connectivity index (χ2v) is 11.7. The first kappa shape index (κ1) is 28.9. The van der Waals surface area contributed by atoms with E-state index >= 15 is 0 Å². The van der Waals surface area contributed by atoms with Gasteiger partial charge < -0.3 is 10.2 Å². The van der Waals surface area contributed by atoms with Gasteiger partial charge in [-0.15, -0.1) is 0 Å². The third kappa shape index (κ3) is 8.70. The van der Waals surface area contributed by atoms with Gasteiger partial charge in [-0.05, 0) is 43.0 Å². The quantitative estimate of drug-likeness (QED) is 0.448. The van der Waals surface area contributed by atoms with E-state index in [4.69, 9.17) is 23.2 Å². The molecule has 0 radical (unpaired) electrons. The van der Waals surface area contributed by atoms with Crippen LogP contribution >= 0.6 is 23.2 Å². The number of sulfonamides is 1. The van der Waals surface area contributed by atoms with Crippen LogP contribution in [0.3, 0.4) is 0 Å². The molecule has 0 aromatic heterocycles. The molecule has 0 heterocycles. The largest absolute Gasteiger partial charge is 0.354 e. The average Bonchev–Trinajstić information content (AvgIpc) is 2.75. The molecule has 7 nitrogen and oxygen atoms in total. The van der Waals surface area contributed by atoms with Crippen molar-refractivity contribution >= 4 is 50.7 Å². The zero-order chi connectivity index (χ0) is 26.3. The number of halogens is 2. The molecular formula is C25H33Cl2N3O4S. The van der Waals surface area contributed by atoms with Gasteiger partial charge in [0.15, 0.2) is 0 Å².